The van der Waals surface area contributed by atoms with Crippen molar-refractivity contribution in [3.63, 3.8) is 0 Å². The molecule has 3 fully saturated rings. The van der Waals surface area contributed by atoms with Gasteiger partial charge in [-0.2, -0.15) is 13.2 Å². The Morgan fingerprint density at radius 3 is 2.68 bits per heavy atom. The van der Waals surface area contributed by atoms with E-state index in [1.54, 1.807) is 23.9 Å². The van der Waals surface area contributed by atoms with Crippen LogP contribution in [0, 0.1) is 5.92 Å². The molecule has 0 aliphatic carbocycles. The first-order valence-electron chi connectivity index (χ1n) is 11.8. The first-order valence-corrected chi connectivity index (χ1v) is 12.8. The van der Waals surface area contributed by atoms with E-state index in [1.165, 1.54) is 12.1 Å². The molecule has 2 aromatic rings. The minimum absolute atomic E-state index is 0.155. The molecule has 0 radical (unpaired) electrons. The number of hydrogen-bond acceptors (Lipinski definition) is 7. The number of ether oxygens (including phenoxy) is 2. The predicted octanol–water partition coefficient (Wildman–Crippen LogP) is 3.61. The minimum Gasteiger partial charge on any atom is -0.376 e. The molecule has 0 saturated carbocycles. The zero-order valence-corrected chi connectivity index (χ0v) is 20.0. The third-order valence-corrected chi connectivity index (χ3v) is 8.08. The number of nitrogens with zero attached hydrogens (tertiary/aromatic N) is 5. The van der Waals surface area contributed by atoms with Gasteiger partial charge in [-0.1, -0.05) is 11.8 Å². The summed E-state index contributed by atoms with van der Waals surface area (Å²) in [6, 6.07) is 5.99. The van der Waals surface area contributed by atoms with Crippen LogP contribution in [0.15, 0.2) is 29.4 Å². The maximum absolute atomic E-state index is 12.9. The fourth-order valence-electron chi connectivity index (χ4n) is 5.21. The highest BCUT2D eigenvalue weighted by molar-refractivity contribution is 7.99. The second-order valence-corrected chi connectivity index (χ2v) is 10.2. The molecule has 1 aromatic carbocycles. The van der Waals surface area contributed by atoms with Crippen molar-refractivity contribution in [1.29, 1.82) is 0 Å². The third-order valence-electron chi connectivity index (χ3n) is 6.97. The van der Waals surface area contributed by atoms with Crippen LogP contribution in [0.2, 0.25) is 0 Å². The van der Waals surface area contributed by atoms with Crippen LogP contribution >= 0.6 is 11.8 Å². The van der Waals surface area contributed by atoms with Crippen LogP contribution in [0.4, 0.5) is 18.9 Å². The molecule has 3 saturated heterocycles. The van der Waals surface area contributed by atoms with Gasteiger partial charge in [0.15, 0.2) is 11.0 Å². The maximum Gasteiger partial charge on any atom is 0.416 e. The van der Waals surface area contributed by atoms with E-state index in [9.17, 15) is 13.2 Å². The van der Waals surface area contributed by atoms with Gasteiger partial charge in [0.05, 0.1) is 25.4 Å². The number of alkyl halides is 3. The van der Waals surface area contributed by atoms with Gasteiger partial charge in [-0.25, -0.2) is 0 Å². The van der Waals surface area contributed by atoms with Gasteiger partial charge in [0.1, 0.15) is 6.10 Å². The van der Waals surface area contributed by atoms with Crippen LogP contribution < -0.4 is 4.90 Å². The summed E-state index contributed by atoms with van der Waals surface area (Å²) in [6.07, 6.45) is -2.32. The smallest absolute Gasteiger partial charge is 0.376 e. The summed E-state index contributed by atoms with van der Waals surface area (Å²) in [5.41, 5.74) is 0.301. The van der Waals surface area contributed by atoms with E-state index in [1.807, 2.05) is 11.6 Å². The van der Waals surface area contributed by atoms with Crippen molar-refractivity contribution in [3.8, 4) is 0 Å². The van der Waals surface area contributed by atoms with E-state index in [-0.39, 0.29) is 6.10 Å². The van der Waals surface area contributed by atoms with Crippen LogP contribution in [0.25, 0.3) is 0 Å². The number of fused-ring (bicyclic) bond motifs is 1. The van der Waals surface area contributed by atoms with E-state index in [0.29, 0.717) is 31.8 Å². The molecule has 34 heavy (non-hydrogen) atoms. The monoisotopic (exact) mass is 497 g/mol. The number of likely N-dealkylation sites (tertiary alicyclic amines) is 1. The summed E-state index contributed by atoms with van der Waals surface area (Å²) in [4.78, 5) is 4.78. The summed E-state index contributed by atoms with van der Waals surface area (Å²) >= 11 is 1.70. The van der Waals surface area contributed by atoms with Crippen LogP contribution in [0.5, 0.6) is 0 Å². The van der Waals surface area contributed by atoms with Crippen molar-refractivity contribution in [3.05, 3.63) is 35.7 Å². The molecule has 3 aliphatic heterocycles. The van der Waals surface area contributed by atoms with Gasteiger partial charge in [-0.3, -0.25) is 0 Å². The summed E-state index contributed by atoms with van der Waals surface area (Å²) < 4.78 is 51.9. The van der Waals surface area contributed by atoms with E-state index < -0.39 is 11.7 Å². The normalized spacial score (nSPS) is 25.8. The van der Waals surface area contributed by atoms with Gasteiger partial charge in [-0.05, 0) is 49.6 Å². The lowest BCUT2D eigenvalue weighted by Gasteiger charge is -2.27. The van der Waals surface area contributed by atoms with Gasteiger partial charge < -0.3 is 23.8 Å². The standard InChI is InChI=1S/C23H30F3N5O2S/c1-29-21(20-15-32-10-11-33-20)27-28-22(29)34-12-2-8-30-13-16-7-9-31(19(16)14-30)18-5-3-17(4-6-18)23(24,25)26/h3-6,16,19-20H,2,7-15H2,1H3/t16-,19+,20+/m0/s1. The molecule has 0 spiro atoms. The van der Waals surface area contributed by atoms with E-state index in [0.717, 1.165) is 61.4 Å². The zero-order chi connectivity index (χ0) is 23.7. The average Bonchev–Trinajstić information content (AvgIpc) is 3.51. The number of halogens is 3. The predicted molar refractivity (Wildman–Crippen MR) is 123 cm³/mol. The van der Waals surface area contributed by atoms with Crippen LogP contribution in [0.1, 0.15) is 30.3 Å². The molecule has 3 aliphatic rings. The summed E-state index contributed by atoms with van der Waals surface area (Å²) in [6.45, 7) is 5.64. The van der Waals surface area contributed by atoms with Crippen molar-refractivity contribution < 1.29 is 22.6 Å². The molecule has 0 amide bonds. The Kier molecular flexibility index (Phi) is 7.06. The SMILES string of the molecule is Cn1c(SCCCN2C[C@@H]3CCN(c4ccc(C(F)(F)F)cc4)[C@@H]3C2)nnc1[C@H]1COCCO1. The number of thioether (sulfide) groups is 1. The summed E-state index contributed by atoms with van der Waals surface area (Å²) in [5.74, 6) is 2.33. The number of benzene rings is 1. The Labute approximate surface area is 201 Å². The average molecular weight is 498 g/mol. The van der Waals surface area contributed by atoms with Crippen LogP contribution in [0.3, 0.4) is 0 Å². The molecule has 4 heterocycles. The maximum atomic E-state index is 12.9. The Hall–Kier alpha value is -1.82. The topological polar surface area (TPSA) is 55.7 Å². The molecule has 5 rings (SSSR count). The molecule has 0 bridgehead atoms. The van der Waals surface area contributed by atoms with Gasteiger partial charge >= 0.3 is 6.18 Å². The highest BCUT2D eigenvalue weighted by Crippen LogP contribution is 2.37. The van der Waals surface area contributed by atoms with Crippen LogP contribution in [-0.2, 0) is 22.7 Å². The lowest BCUT2D eigenvalue weighted by molar-refractivity contribution is -0.137. The van der Waals surface area contributed by atoms with Gasteiger partial charge in [0.25, 0.3) is 0 Å². The number of anilines is 1. The van der Waals surface area contributed by atoms with E-state index in [2.05, 4.69) is 20.0 Å². The van der Waals surface area contributed by atoms with E-state index >= 15 is 0 Å². The molecule has 3 atom stereocenters. The third kappa shape index (κ3) is 5.07. The Morgan fingerprint density at radius 1 is 1.12 bits per heavy atom. The molecule has 1 aromatic heterocycles. The Bertz CT molecular complexity index is 965. The molecular weight excluding hydrogens is 467 g/mol. The summed E-state index contributed by atoms with van der Waals surface area (Å²) in [7, 11) is 1.97. The largest absolute Gasteiger partial charge is 0.416 e. The Morgan fingerprint density at radius 2 is 1.94 bits per heavy atom. The van der Waals surface area contributed by atoms with Crippen molar-refractivity contribution >= 4 is 17.4 Å². The van der Waals surface area contributed by atoms with Crippen molar-refractivity contribution in [2.75, 3.05) is 56.7 Å². The lowest BCUT2D eigenvalue weighted by atomic mass is 10.0. The molecule has 186 valence electrons. The lowest BCUT2D eigenvalue weighted by Crippen LogP contribution is -2.35. The second-order valence-electron chi connectivity index (χ2n) is 9.15. The molecule has 7 nitrogen and oxygen atoms in total. The quantitative estimate of drug-likeness (QED) is 0.428. The van der Waals surface area contributed by atoms with Crippen molar-refractivity contribution in [1.82, 2.24) is 19.7 Å². The molecule has 0 unspecified atom stereocenters. The fourth-order valence-corrected chi connectivity index (χ4v) is 6.06. The first kappa shape index (κ1) is 23.9. The summed E-state index contributed by atoms with van der Waals surface area (Å²) in [5, 5.41) is 9.51. The molecular formula is C23H30F3N5O2S. The van der Waals surface area contributed by atoms with Gasteiger partial charge in [-0.15, -0.1) is 10.2 Å². The van der Waals surface area contributed by atoms with Crippen molar-refractivity contribution in [2.24, 2.45) is 13.0 Å². The van der Waals surface area contributed by atoms with Crippen molar-refractivity contribution in [2.45, 2.75) is 36.3 Å². The molecule has 0 N–H and O–H groups in total. The Balaban J connectivity index is 1.09. The highest BCUT2D eigenvalue weighted by atomic mass is 32.2. The van der Waals surface area contributed by atoms with Gasteiger partial charge in [0, 0.05) is 44.2 Å². The molecule has 11 heteroatoms. The number of hydrogen-bond donors (Lipinski definition) is 0. The van der Waals surface area contributed by atoms with E-state index in [4.69, 9.17) is 9.47 Å². The highest BCUT2D eigenvalue weighted by Gasteiger charge is 2.41. The second kappa shape index (κ2) is 10.0. The van der Waals surface area contributed by atoms with Crippen LogP contribution in [-0.4, -0.2) is 77.5 Å². The fraction of sp³-hybridized carbons (Fsp3) is 0.652. The number of aromatic nitrogens is 3. The zero-order valence-electron chi connectivity index (χ0n) is 19.2. The number of rotatable bonds is 7. The van der Waals surface area contributed by atoms with Gasteiger partial charge in [0.2, 0.25) is 0 Å². The minimum atomic E-state index is -4.29. The first-order chi connectivity index (χ1) is 16.4.